The molecule has 0 atom stereocenters. The second-order valence-corrected chi connectivity index (χ2v) is 5.44. The minimum atomic E-state index is 1.22. The summed E-state index contributed by atoms with van der Waals surface area (Å²) in [5.74, 6) is 0. The number of para-hydroxylation sites is 1. The van der Waals surface area contributed by atoms with E-state index in [-0.39, 0.29) is 0 Å². The zero-order chi connectivity index (χ0) is 10.8. The van der Waals surface area contributed by atoms with E-state index >= 15 is 0 Å². The van der Waals surface area contributed by atoms with Crippen molar-refractivity contribution >= 4 is 22.9 Å². The fourth-order valence-electron chi connectivity index (χ4n) is 2.19. The van der Waals surface area contributed by atoms with Gasteiger partial charge >= 0.3 is 0 Å². The van der Waals surface area contributed by atoms with E-state index in [0.29, 0.717) is 0 Å². The van der Waals surface area contributed by atoms with Crippen LogP contribution in [0.4, 0.5) is 0 Å². The lowest BCUT2D eigenvalue weighted by Crippen LogP contribution is -2.22. The van der Waals surface area contributed by atoms with Gasteiger partial charge in [0.25, 0.3) is 0 Å². The molecule has 1 saturated heterocycles. The Labute approximate surface area is 100 Å². The maximum Gasteiger partial charge on any atom is 0.0887 e. The first kappa shape index (κ1) is 10.2. The van der Waals surface area contributed by atoms with Crippen molar-refractivity contribution in [2.45, 2.75) is 24.3 Å². The highest BCUT2D eigenvalue weighted by atomic mass is 32.2. The lowest BCUT2D eigenvalue weighted by molar-refractivity contribution is 0.380. The second-order valence-electron chi connectivity index (χ2n) is 4.30. The van der Waals surface area contributed by atoms with Crippen LogP contribution in [0, 0.1) is 0 Å². The third kappa shape index (κ3) is 2.11. The van der Waals surface area contributed by atoms with Crippen molar-refractivity contribution in [1.29, 1.82) is 0 Å². The molecule has 3 rings (SSSR count). The largest absolute Gasteiger partial charge is 0.349 e. The van der Waals surface area contributed by atoms with Crippen molar-refractivity contribution in [3.8, 4) is 0 Å². The van der Waals surface area contributed by atoms with Crippen molar-refractivity contribution in [2.75, 3.05) is 13.1 Å². The van der Waals surface area contributed by atoms with E-state index in [0.717, 1.165) is 0 Å². The normalized spacial score (nSPS) is 18.0. The highest BCUT2D eigenvalue weighted by Crippen LogP contribution is 2.28. The molecule has 0 spiro atoms. The van der Waals surface area contributed by atoms with E-state index in [1.165, 1.54) is 48.3 Å². The molecule has 0 bridgehead atoms. The molecule has 2 aromatic rings. The van der Waals surface area contributed by atoms with Gasteiger partial charge in [-0.3, -0.25) is 0 Å². The summed E-state index contributed by atoms with van der Waals surface area (Å²) >= 11 is 1.87. The number of rotatable bonds is 2. The first-order valence-electron chi connectivity index (χ1n) is 5.92. The van der Waals surface area contributed by atoms with Crippen LogP contribution in [0.3, 0.4) is 0 Å². The highest BCUT2D eigenvalue weighted by Gasteiger charge is 2.12. The van der Waals surface area contributed by atoms with Crippen LogP contribution < -0.4 is 0 Å². The molecular formula is C13H16N2S. The van der Waals surface area contributed by atoms with Crippen molar-refractivity contribution in [2.24, 2.45) is 0 Å². The van der Waals surface area contributed by atoms with E-state index in [1.54, 1.807) is 0 Å². The van der Waals surface area contributed by atoms with Crippen LogP contribution in [0.1, 0.15) is 19.3 Å². The molecule has 0 radical (unpaired) electrons. The summed E-state index contributed by atoms with van der Waals surface area (Å²) < 4.78 is 2.47. The van der Waals surface area contributed by atoms with Gasteiger partial charge in [0.05, 0.1) is 5.03 Å². The smallest absolute Gasteiger partial charge is 0.0887 e. The monoisotopic (exact) mass is 232 g/mol. The first-order chi connectivity index (χ1) is 7.92. The number of nitrogens with one attached hydrogen (secondary N) is 1. The quantitative estimate of drug-likeness (QED) is 0.797. The predicted molar refractivity (Wildman–Crippen MR) is 69.6 cm³/mol. The summed E-state index contributed by atoms with van der Waals surface area (Å²) in [6.45, 7) is 2.44. The van der Waals surface area contributed by atoms with E-state index in [9.17, 15) is 0 Å². The second kappa shape index (κ2) is 4.52. The maximum atomic E-state index is 3.46. The fourth-order valence-corrected chi connectivity index (χ4v) is 3.25. The molecule has 84 valence electrons. The number of aromatic amines is 1. The predicted octanol–water partition coefficient (Wildman–Crippen LogP) is 3.66. The number of benzene rings is 1. The Morgan fingerprint density at radius 2 is 1.88 bits per heavy atom. The van der Waals surface area contributed by atoms with Gasteiger partial charge in [0, 0.05) is 24.0 Å². The fraction of sp³-hybridized carbons (Fsp3) is 0.385. The van der Waals surface area contributed by atoms with E-state index < -0.39 is 0 Å². The standard InChI is InChI=1S/C13H16N2S/c1-4-8-15(9-5-1)16-13-10-11-6-2-3-7-12(11)14-13/h2-3,6-7,10,14H,1,4-5,8-9H2. The summed E-state index contributed by atoms with van der Waals surface area (Å²) in [6, 6.07) is 10.7. The van der Waals surface area contributed by atoms with Crippen molar-refractivity contribution in [1.82, 2.24) is 9.29 Å². The molecule has 3 heteroatoms. The van der Waals surface area contributed by atoms with E-state index in [1.807, 2.05) is 11.9 Å². The van der Waals surface area contributed by atoms with Crippen LogP contribution >= 0.6 is 11.9 Å². The Hall–Kier alpha value is -0.930. The average Bonchev–Trinajstić information content (AvgIpc) is 2.72. The van der Waals surface area contributed by atoms with Crippen molar-refractivity contribution < 1.29 is 0 Å². The Balaban J connectivity index is 1.78. The Morgan fingerprint density at radius 3 is 2.69 bits per heavy atom. The lowest BCUT2D eigenvalue weighted by atomic mass is 10.2. The van der Waals surface area contributed by atoms with Gasteiger partial charge in [-0.05, 0) is 36.9 Å². The van der Waals surface area contributed by atoms with E-state index in [2.05, 4.69) is 39.6 Å². The summed E-state index contributed by atoms with van der Waals surface area (Å²) in [7, 11) is 0. The summed E-state index contributed by atoms with van der Waals surface area (Å²) in [6.07, 6.45) is 4.07. The molecule has 1 aliphatic heterocycles. The minimum Gasteiger partial charge on any atom is -0.349 e. The van der Waals surface area contributed by atoms with Gasteiger partial charge in [0.15, 0.2) is 0 Å². The zero-order valence-electron chi connectivity index (χ0n) is 9.28. The topological polar surface area (TPSA) is 19.0 Å². The number of hydrogen-bond acceptors (Lipinski definition) is 2. The van der Waals surface area contributed by atoms with Gasteiger partial charge in [-0.15, -0.1) is 0 Å². The molecule has 0 saturated carbocycles. The number of H-pyrrole nitrogens is 1. The molecule has 0 aliphatic carbocycles. The first-order valence-corrected chi connectivity index (χ1v) is 6.70. The Morgan fingerprint density at radius 1 is 1.06 bits per heavy atom. The lowest BCUT2D eigenvalue weighted by Gasteiger charge is -2.24. The summed E-state index contributed by atoms with van der Waals surface area (Å²) in [5.41, 5.74) is 1.24. The summed E-state index contributed by atoms with van der Waals surface area (Å²) in [5, 5.41) is 2.57. The van der Waals surface area contributed by atoms with Gasteiger partial charge in [-0.25, -0.2) is 4.31 Å². The third-order valence-electron chi connectivity index (χ3n) is 3.05. The molecule has 16 heavy (non-hydrogen) atoms. The molecule has 2 nitrogen and oxygen atoms in total. The van der Waals surface area contributed by atoms with Crippen molar-refractivity contribution in [3.63, 3.8) is 0 Å². The molecule has 1 fully saturated rings. The molecule has 0 amide bonds. The maximum absolute atomic E-state index is 3.46. The molecule has 1 aromatic heterocycles. The van der Waals surface area contributed by atoms with Gasteiger partial charge in [-0.2, -0.15) is 0 Å². The van der Waals surface area contributed by atoms with Gasteiger partial charge in [-0.1, -0.05) is 24.6 Å². The van der Waals surface area contributed by atoms with Gasteiger partial charge in [0.1, 0.15) is 0 Å². The summed E-state index contributed by atoms with van der Waals surface area (Å²) in [4.78, 5) is 3.46. The molecule has 2 heterocycles. The number of hydrogen-bond donors (Lipinski definition) is 1. The number of aromatic nitrogens is 1. The third-order valence-corrected chi connectivity index (χ3v) is 4.09. The van der Waals surface area contributed by atoms with Crippen LogP contribution in [0.2, 0.25) is 0 Å². The number of piperidine rings is 1. The van der Waals surface area contributed by atoms with Crippen LogP contribution in [0.5, 0.6) is 0 Å². The van der Waals surface area contributed by atoms with E-state index in [4.69, 9.17) is 0 Å². The minimum absolute atomic E-state index is 1.22. The number of nitrogens with zero attached hydrogens (tertiary/aromatic N) is 1. The molecule has 0 unspecified atom stereocenters. The zero-order valence-corrected chi connectivity index (χ0v) is 10.1. The SMILES string of the molecule is c1ccc2[nH]c(SN3CCCCC3)cc2c1. The molecule has 1 aromatic carbocycles. The highest BCUT2D eigenvalue weighted by molar-refractivity contribution is 7.97. The Bertz CT molecular complexity index is 438. The average molecular weight is 232 g/mol. The molecule has 1 aliphatic rings. The van der Waals surface area contributed by atoms with Crippen molar-refractivity contribution in [3.05, 3.63) is 30.3 Å². The van der Waals surface area contributed by atoms with Crippen LogP contribution in [-0.4, -0.2) is 22.4 Å². The Kier molecular flexibility index (Phi) is 2.89. The van der Waals surface area contributed by atoms with Gasteiger partial charge in [0.2, 0.25) is 0 Å². The molecule has 1 N–H and O–H groups in total. The number of fused-ring (bicyclic) bond motifs is 1. The van der Waals surface area contributed by atoms with Crippen LogP contribution in [-0.2, 0) is 0 Å². The molecular weight excluding hydrogens is 216 g/mol. The van der Waals surface area contributed by atoms with Gasteiger partial charge < -0.3 is 4.98 Å². The van der Waals surface area contributed by atoms with Crippen LogP contribution in [0.25, 0.3) is 10.9 Å². The van der Waals surface area contributed by atoms with Crippen LogP contribution in [0.15, 0.2) is 35.4 Å².